The van der Waals surface area contributed by atoms with Gasteiger partial charge < -0.3 is 23.8 Å². The van der Waals surface area contributed by atoms with E-state index in [0.717, 1.165) is 36.9 Å². The Hall–Kier alpha value is -2.94. The highest BCUT2D eigenvalue weighted by Gasteiger charge is 2.45. The lowest BCUT2D eigenvalue weighted by molar-refractivity contribution is 0.0227. The highest BCUT2D eigenvalue weighted by atomic mass is 16.6. The molecule has 0 N–H and O–H groups in total. The number of aromatic nitrogens is 3. The van der Waals surface area contributed by atoms with Gasteiger partial charge in [-0.15, -0.1) is 0 Å². The molecule has 9 heteroatoms. The van der Waals surface area contributed by atoms with Crippen molar-refractivity contribution in [3.63, 3.8) is 0 Å². The second-order valence-corrected chi connectivity index (χ2v) is 7.91. The van der Waals surface area contributed by atoms with Crippen LogP contribution < -0.4 is 9.47 Å². The Morgan fingerprint density at radius 2 is 1.84 bits per heavy atom. The number of carbonyl (C=O) groups excluding carboxylic acids is 1. The van der Waals surface area contributed by atoms with Gasteiger partial charge in [-0.3, -0.25) is 4.98 Å². The van der Waals surface area contributed by atoms with E-state index in [9.17, 15) is 4.79 Å². The summed E-state index contributed by atoms with van der Waals surface area (Å²) in [6.07, 6.45) is 6.29. The van der Waals surface area contributed by atoms with Gasteiger partial charge in [0.15, 0.2) is 5.75 Å². The summed E-state index contributed by atoms with van der Waals surface area (Å²) < 4.78 is 22.5. The molecule has 9 nitrogen and oxygen atoms in total. The summed E-state index contributed by atoms with van der Waals surface area (Å²) in [5.74, 6) is 1.60. The molecule has 2 unspecified atom stereocenters. The smallest absolute Gasteiger partial charge is 0.410 e. The number of hydrogen-bond donors (Lipinski definition) is 0. The van der Waals surface area contributed by atoms with Crippen LogP contribution in [-0.2, 0) is 9.47 Å². The topological polar surface area (TPSA) is 95.9 Å². The number of hydrogen-bond acceptors (Lipinski definition) is 8. The Kier molecular flexibility index (Phi) is 6.50. The number of aryl methyl sites for hydroxylation is 1. The van der Waals surface area contributed by atoms with Gasteiger partial charge in [-0.05, 0) is 38.8 Å². The molecule has 2 fully saturated rings. The summed E-state index contributed by atoms with van der Waals surface area (Å²) in [6, 6.07) is 3.91. The number of rotatable bonds is 7. The molecule has 166 valence electrons. The van der Waals surface area contributed by atoms with E-state index in [1.165, 1.54) is 6.33 Å². The molecule has 3 atom stereocenters. The highest BCUT2D eigenvalue weighted by Crippen LogP contribution is 2.38. The predicted octanol–water partition coefficient (Wildman–Crippen LogP) is 3.44. The van der Waals surface area contributed by atoms with E-state index in [0.29, 0.717) is 24.1 Å². The second kappa shape index (κ2) is 9.47. The maximum Gasteiger partial charge on any atom is 0.410 e. The van der Waals surface area contributed by atoms with Crippen molar-refractivity contribution in [1.29, 1.82) is 0 Å². The number of pyridine rings is 1. The van der Waals surface area contributed by atoms with Gasteiger partial charge in [0.25, 0.3) is 0 Å². The van der Waals surface area contributed by atoms with E-state index < -0.39 is 0 Å². The average molecular weight is 428 g/mol. The third kappa shape index (κ3) is 4.71. The van der Waals surface area contributed by atoms with Crippen molar-refractivity contribution in [2.45, 2.75) is 57.7 Å². The number of fused-ring (bicyclic) bond motifs is 2. The molecule has 2 bridgehead atoms. The van der Waals surface area contributed by atoms with E-state index in [1.54, 1.807) is 13.3 Å². The van der Waals surface area contributed by atoms with Crippen LogP contribution in [0.2, 0.25) is 0 Å². The Morgan fingerprint density at radius 1 is 1.10 bits per heavy atom. The summed E-state index contributed by atoms with van der Waals surface area (Å²) in [7, 11) is 1.59. The summed E-state index contributed by atoms with van der Waals surface area (Å²) >= 11 is 0. The molecule has 2 aliphatic heterocycles. The van der Waals surface area contributed by atoms with Gasteiger partial charge in [-0.2, -0.15) is 0 Å². The zero-order valence-electron chi connectivity index (χ0n) is 18.1. The first kappa shape index (κ1) is 21.3. The van der Waals surface area contributed by atoms with Gasteiger partial charge in [0, 0.05) is 38.2 Å². The van der Waals surface area contributed by atoms with Gasteiger partial charge >= 0.3 is 6.09 Å². The number of ether oxygens (including phenoxy) is 4. The molecular weight excluding hydrogens is 400 g/mol. The molecule has 0 saturated carbocycles. The molecule has 1 amide bonds. The van der Waals surface area contributed by atoms with Crippen molar-refractivity contribution < 1.29 is 23.7 Å². The normalized spacial score (nSPS) is 22.3. The van der Waals surface area contributed by atoms with Crippen LogP contribution in [0.3, 0.4) is 0 Å². The molecule has 0 aromatic carbocycles. The summed E-state index contributed by atoms with van der Waals surface area (Å²) in [5, 5.41) is 0. The predicted molar refractivity (Wildman–Crippen MR) is 111 cm³/mol. The third-order valence-corrected chi connectivity index (χ3v) is 5.85. The first-order chi connectivity index (χ1) is 15.1. The van der Waals surface area contributed by atoms with E-state index in [4.69, 9.17) is 18.9 Å². The van der Waals surface area contributed by atoms with E-state index in [2.05, 4.69) is 15.0 Å². The van der Waals surface area contributed by atoms with Crippen molar-refractivity contribution in [2.24, 2.45) is 0 Å². The van der Waals surface area contributed by atoms with Crippen LogP contribution in [0.25, 0.3) is 0 Å². The van der Waals surface area contributed by atoms with E-state index in [-0.39, 0.29) is 30.9 Å². The van der Waals surface area contributed by atoms with Crippen LogP contribution in [0.15, 0.2) is 24.7 Å². The highest BCUT2D eigenvalue weighted by molar-refractivity contribution is 5.69. The van der Waals surface area contributed by atoms with E-state index >= 15 is 0 Å². The molecule has 2 saturated heterocycles. The minimum atomic E-state index is -0.260. The van der Waals surface area contributed by atoms with Crippen molar-refractivity contribution in [3.8, 4) is 17.5 Å². The molecular formula is C22H28N4O5. The summed E-state index contributed by atoms with van der Waals surface area (Å²) in [5.41, 5.74) is 1.52. The lowest BCUT2D eigenvalue weighted by Gasteiger charge is -2.38. The first-order valence-corrected chi connectivity index (χ1v) is 10.6. The molecule has 2 aliphatic rings. The number of piperidine rings is 1. The van der Waals surface area contributed by atoms with Crippen molar-refractivity contribution >= 4 is 6.09 Å². The molecule has 4 rings (SSSR count). The van der Waals surface area contributed by atoms with Crippen LogP contribution in [0.5, 0.6) is 17.5 Å². The first-order valence-electron chi connectivity index (χ1n) is 10.6. The molecule has 0 spiro atoms. The minimum absolute atomic E-state index is 0.0258. The van der Waals surface area contributed by atoms with Gasteiger partial charge in [0.05, 0.1) is 17.9 Å². The Balaban J connectivity index is 1.41. The minimum Gasteiger partial charge on any atom is -0.474 e. The zero-order valence-corrected chi connectivity index (χ0v) is 18.1. The maximum absolute atomic E-state index is 12.5. The van der Waals surface area contributed by atoms with Gasteiger partial charge in [0.1, 0.15) is 19.0 Å². The Morgan fingerprint density at radius 3 is 2.55 bits per heavy atom. The van der Waals surface area contributed by atoms with E-state index in [1.807, 2.05) is 30.9 Å². The van der Waals surface area contributed by atoms with Crippen molar-refractivity contribution in [3.05, 3.63) is 35.9 Å². The van der Waals surface area contributed by atoms with Crippen LogP contribution in [0.1, 0.15) is 36.9 Å². The standard InChI is InChI=1S/C22H28N4O5/c1-14-20(24-13-25-21(14)31-19-5-4-8-23-15(19)2)30-18-11-16-6-7-17(12-18)26(16)22(27)29-10-9-28-3/h4-5,8,13,16-18H,6-7,9-12H2,1-3H3/t16-,17?,18?/m0/s1. The van der Waals surface area contributed by atoms with Crippen molar-refractivity contribution in [2.75, 3.05) is 20.3 Å². The second-order valence-electron chi connectivity index (χ2n) is 7.91. The lowest BCUT2D eigenvalue weighted by atomic mass is 10.0. The molecule has 0 aliphatic carbocycles. The maximum atomic E-state index is 12.5. The van der Waals surface area contributed by atoms with Gasteiger partial charge in [-0.25, -0.2) is 14.8 Å². The lowest BCUT2D eigenvalue weighted by Crippen LogP contribution is -2.49. The summed E-state index contributed by atoms with van der Waals surface area (Å²) in [4.78, 5) is 27.2. The summed E-state index contributed by atoms with van der Waals surface area (Å²) in [6.45, 7) is 4.43. The fraction of sp³-hybridized carbons (Fsp3) is 0.545. The van der Waals surface area contributed by atoms with Crippen LogP contribution >= 0.6 is 0 Å². The average Bonchev–Trinajstić information content (AvgIpc) is 3.03. The quantitative estimate of drug-likeness (QED) is 0.619. The van der Waals surface area contributed by atoms with Crippen LogP contribution in [0.4, 0.5) is 4.79 Å². The molecule has 31 heavy (non-hydrogen) atoms. The largest absolute Gasteiger partial charge is 0.474 e. The van der Waals surface area contributed by atoms with Gasteiger partial charge in [-0.1, -0.05) is 0 Å². The number of methoxy groups -OCH3 is 1. The number of nitrogens with zero attached hydrogens (tertiary/aromatic N) is 4. The Labute approximate surface area is 181 Å². The zero-order chi connectivity index (χ0) is 21.8. The van der Waals surface area contributed by atoms with Crippen molar-refractivity contribution in [1.82, 2.24) is 19.9 Å². The monoisotopic (exact) mass is 428 g/mol. The molecule has 0 radical (unpaired) electrons. The Bertz CT molecular complexity index is 911. The molecule has 2 aromatic rings. The van der Waals surface area contributed by atoms with Crippen LogP contribution in [0, 0.1) is 13.8 Å². The molecule has 2 aromatic heterocycles. The molecule has 4 heterocycles. The fourth-order valence-corrected chi connectivity index (χ4v) is 4.29. The van der Waals surface area contributed by atoms with Gasteiger partial charge in [0.2, 0.25) is 11.8 Å². The number of carbonyl (C=O) groups is 1. The third-order valence-electron chi connectivity index (χ3n) is 5.85. The SMILES string of the molecule is COCCOC(=O)N1C2CC[C@H]1CC(Oc1ncnc(Oc3cccnc3C)c1C)C2. The number of amides is 1. The fourth-order valence-electron chi connectivity index (χ4n) is 4.29. The van der Waals surface area contributed by atoms with Crippen LogP contribution in [-0.4, -0.2) is 64.5 Å².